The first kappa shape index (κ1) is 14.0. The summed E-state index contributed by atoms with van der Waals surface area (Å²) in [7, 11) is 0. The molecule has 2 aromatic rings. The Morgan fingerprint density at radius 2 is 1.63 bits per heavy atom. The molecule has 0 heterocycles. The number of hydrogen-bond acceptors (Lipinski definition) is 2. The zero-order chi connectivity index (χ0) is 14.0. The number of carboxylic acid groups (broad SMARTS) is 1. The van der Waals surface area contributed by atoms with Crippen LogP contribution in [0, 0.1) is 0 Å². The van der Waals surface area contributed by atoms with Gasteiger partial charge in [0.1, 0.15) is 0 Å². The van der Waals surface area contributed by atoms with Gasteiger partial charge in [-0.05, 0) is 24.3 Å². The average molecular weight is 317 g/mol. The van der Waals surface area contributed by atoms with Crippen molar-refractivity contribution in [3.63, 3.8) is 0 Å². The van der Waals surface area contributed by atoms with E-state index >= 15 is 0 Å². The van der Waals surface area contributed by atoms with Crippen LogP contribution < -0.4 is 5.32 Å². The summed E-state index contributed by atoms with van der Waals surface area (Å²) in [6, 6.07) is 9.53. The van der Waals surface area contributed by atoms with Crippen molar-refractivity contribution >= 4 is 52.1 Å². The van der Waals surface area contributed by atoms with Gasteiger partial charge in [0.15, 0.2) is 0 Å². The van der Waals surface area contributed by atoms with Gasteiger partial charge in [-0.25, -0.2) is 4.79 Å². The van der Waals surface area contributed by atoms with Crippen LogP contribution in [0.1, 0.15) is 10.4 Å². The highest BCUT2D eigenvalue weighted by Gasteiger charge is 2.13. The fourth-order valence-electron chi connectivity index (χ4n) is 1.57. The molecule has 0 aliphatic rings. The summed E-state index contributed by atoms with van der Waals surface area (Å²) in [5.41, 5.74) is 0.951. The molecule has 2 aromatic carbocycles. The topological polar surface area (TPSA) is 49.3 Å². The molecule has 6 heteroatoms. The zero-order valence-electron chi connectivity index (χ0n) is 9.45. The normalized spacial score (nSPS) is 10.3. The molecule has 0 fully saturated rings. The number of carbonyl (C=O) groups is 1. The minimum Gasteiger partial charge on any atom is -0.478 e. The fourth-order valence-corrected chi connectivity index (χ4v) is 2.49. The third-order valence-electron chi connectivity index (χ3n) is 2.42. The van der Waals surface area contributed by atoms with E-state index in [2.05, 4.69) is 5.32 Å². The highest BCUT2D eigenvalue weighted by molar-refractivity contribution is 6.41. The van der Waals surface area contributed by atoms with Crippen LogP contribution in [-0.2, 0) is 0 Å². The quantitative estimate of drug-likeness (QED) is 0.829. The van der Waals surface area contributed by atoms with Crippen molar-refractivity contribution in [2.24, 2.45) is 0 Å². The van der Waals surface area contributed by atoms with Crippen LogP contribution in [0.3, 0.4) is 0 Å². The van der Waals surface area contributed by atoms with E-state index in [4.69, 9.17) is 39.9 Å². The van der Waals surface area contributed by atoms with Gasteiger partial charge >= 0.3 is 5.97 Å². The van der Waals surface area contributed by atoms with Gasteiger partial charge in [0.2, 0.25) is 0 Å². The van der Waals surface area contributed by atoms with E-state index in [9.17, 15) is 4.79 Å². The molecule has 2 N–H and O–H groups in total. The molecular formula is C13H8Cl3NO2. The molecule has 0 aliphatic heterocycles. The van der Waals surface area contributed by atoms with Crippen molar-refractivity contribution in [1.29, 1.82) is 0 Å². The van der Waals surface area contributed by atoms with Gasteiger partial charge in [-0.1, -0.05) is 46.9 Å². The van der Waals surface area contributed by atoms with Crippen molar-refractivity contribution in [2.45, 2.75) is 0 Å². The van der Waals surface area contributed by atoms with Crippen LogP contribution in [-0.4, -0.2) is 11.1 Å². The number of anilines is 2. The average Bonchev–Trinajstić information content (AvgIpc) is 2.34. The van der Waals surface area contributed by atoms with E-state index in [1.54, 1.807) is 18.2 Å². The number of hydrogen-bond donors (Lipinski definition) is 2. The lowest BCUT2D eigenvalue weighted by molar-refractivity contribution is 0.0698. The van der Waals surface area contributed by atoms with Crippen LogP contribution in [0.2, 0.25) is 15.1 Å². The molecule has 0 amide bonds. The van der Waals surface area contributed by atoms with Gasteiger partial charge in [-0.3, -0.25) is 0 Å². The maximum atomic E-state index is 11.1. The van der Waals surface area contributed by atoms with Crippen molar-refractivity contribution in [2.75, 3.05) is 5.32 Å². The van der Waals surface area contributed by atoms with Crippen LogP contribution >= 0.6 is 34.8 Å². The van der Waals surface area contributed by atoms with Gasteiger partial charge in [0.25, 0.3) is 0 Å². The molecular weight excluding hydrogens is 309 g/mol. The van der Waals surface area contributed by atoms with E-state index in [0.717, 1.165) is 0 Å². The standard InChI is InChI=1S/C13H8Cl3NO2/c14-7-5-9(15)12(10(16)6-7)17-11-4-2-1-3-8(11)13(18)19/h1-6,17H,(H,18,19). The third kappa shape index (κ3) is 3.13. The molecule has 3 nitrogen and oxygen atoms in total. The van der Waals surface area contributed by atoms with Crippen molar-refractivity contribution in [3.8, 4) is 0 Å². The Morgan fingerprint density at radius 1 is 1.05 bits per heavy atom. The molecule has 0 spiro atoms. The molecule has 0 unspecified atom stereocenters. The number of carboxylic acids is 1. The molecule has 0 saturated heterocycles. The number of nitrogens with one attached hydrogen (secondary N) is 1. The van der Waals surface area contributed by atoms with E-state index in [0.29, 0.717) is 26.4 Å². The fraction of sp³-hybridized carbons (Fsp3) is 0. The Labute approximate surface area is 124 Å². The molecule has 0 aliphatic carbocycles. The highest BCUT2D eigenvalue weighted by atomic mass is 35.5. The Kier molecular flexibility index (Phi) is 4.20. The third-order valence-corrected chi connectivity index (χ3v) is 3.24. The van der Waals surface area contributed by atoms with Crippen molar-refractivity contribution < 1.29 is 9.90 Å². The Hall–Kier alpha value is -1.42. The second kappa shape index (κ2) is 5.70. The monoisotopic (exact) mass is 315 g/mol. The first-order chi connectivity index (χ1) is 8.99. The Bertz CT molecular complexity index is 621. The predicted molar refractivity (Wildman–Crippen MR) is 78.2 cm³/mol. The van der Waals surface area contributed by atoms with E-state index in [1.807, 2.05) is 0 Å². The molecule has 0 radical (unpaired) electrons. The molecule has 0 atom stereocenters. The highest BCUT2D eigenvalue weighted by Crippen LogP contribution is 2.36. The second-order valence-corrected chi connectivity index (χ2v) is 4.97. The van der Waals surface area contributed by atoms with Gasteiger partial charge in [0.05, 0.1) is 27.0 Å². The van der Waals surface area contributed by atoms with Crippen LogP contribution in [0.5, 0.6) is 0 Å². The number of aromatic carboxylic acids is 1. The largest absolute Gasteiger partial charge is 0.478 e. The summed E-state index contributed by atoms with van der Waals surface area (Å²) in [5.74, 6) is -1.04. The Morgan fingerprint density at radius 3 is 2.21 bits per heavy atom. The predicted octanol–water partition coefficient (Wildman–Crippen LogP) is 5.09. The maximum absolute atomic E-state index is 11.1. The summed E-state index contributed by atoms with van der Waals surface area (Å²) in [6.07, 6.45) is 0. The lowest BCUT2D eigenvalue weighted by atomic mass is 10.1. The summed E-state index contributed by atoms with van der Waals surface area (Å²) >= 11 is 17.9. The van der Waals surface area contributed by atoms with Crippen LogP contribution in [0.15, 0.2) is 36.4 Å². The number of halogens is 3. The number of benzene rings is 2. The summed E-state index contributed by atoms with van der Waals surface area (Å²) in [4.78, 5) is 11.1. The summed E-state index contributed by atoms with van der Waals surface area (Å²) < 4.78 is 0. The Balaban J connectivity index is 2.45. The van der Waals surface area contributed by atoms with Gasteiger partial charge < -0.3 is 10.4 Å². The maximum Gasteiger partial charge on any atom is 0.337 e. The van der Waals surface area contributed by atoms with E-state index in [-0.39, 0.29) is 5.56 Å². The first-order valence-corrected chi connectivity index (χ1v) is 6.36. The minimum absolute atomic E-state index is 0.129. The number of para-hydroxylation sites is 1. The molecule has 0 bridgehead atoms. The second-order valence-electron chi connectivity index (χ2n) is 3.72. The summed E-state index contributed by atoms with van der Waals surface area (Å²) in [5, 5.41) is 13.1. The van der Waals surface area contributed by atoms with Crippen molar-refractivity contribution in [1.82, 2.24) is 0 Å². The van der Waals surface area contributed by atoms with Gasteiger partial charge in [-0.15, -0.1) is 0 Å². The first-order valence-electron chi connectivity index (χ1n) is 5.23. The van der Waals surface area contributed by atoms with E-state index in [1.165, 1.54) is 18.2 Å². The van der Waals surface area contributed by atoms with Crippen molar-refractivity contribution in [3.05, 3.63) is 57.0 Å². The number of rotatable bonds is 3. The molecule has 0 aromatic heterocycles. The van der Waals surface area contributed by atoms with Gasteiger partial charge in [0, 0.05) is 5.02 Å². The SMILES string of the molecule is O=C(O)c1ccccc1Nc1c(Cl)cc(Cl)cc1Cl. The zero-order valence-corrected chi connectivity index (χ0v) is 11.7. The summed E-state index contributed by atoms with van der Waals surface area (Å²) in [6.45, 7) is 0. The molecule has 0 saturated carbocycles. The molecule has 19 heavy (non-hydrogen) atoms. The molecule has 98 valence electrons. The van der Waals surface area contributed by atoms with Crippen LogP contribution in [0.25, 0.3) is 0 Å². The smallest absolute Gasteiger partial charge is 0.337 e. The lowest BCUT2D eigenvalue weighted by Gasteiger charge is -2.12. The minimum atomic E-state index is -1.04. The van der Waals surface area contributed by atoms with E-state index < -0.39 is 5.97 Å². The lowest BCUT2D eigenvalue weighted by Crippen LogP contribution is -2.02. The van der Waals surface area contributed by atoms with Crippen LogP contribution in [0.4, 0.5) is 11.4 Å². The molecule has 2 rings (SSSR count). The van der Waals surface area contributed by atoms with Gasteiger partial charge in [-0.2, -0.15) is 0 Å².